The number of nitrogens with zero attached hydrogens (tertiary/aromatic N) is 2. The lowest BCUT2D eigenvalue weighted by atomic mass is 9.94. The molecule has 2 aliphatic rings. The van der Waals surface area contributed by atoms with Gasteiger partial charge in [-0.1, -0.05) is 30.3 Å². The molecule has 0 amide bonds. The predicted molar refractivity (Wildman–Crippen MR) is 92.4 cm³/mol. The monoisotopic (exact) mass is 308 g/mol. The molecular weight excluding hydrogens is 284 g/mol. The number of aromatic nitrogens is 1. The van der Waals surface area contributed by atoms with Crippen LogP contribution in [0.2, 0.25) is 0 Å². The highest BCUT2D eigenvalue weighted by molar-refractivity contribution is 5.64. The fourth-order valence-electron chi connectivity index (χ4n) is 3.64. The zero-order chi connectivity index (χ0) is 15.5. The van der Waals surface area contributed by atoms with Gasteiger partial charge in [0, 0.05) is 30.9 Å². The summed E-state index contributed by atoms with van der Waals surface area (Å²) < 4.78 is 5.46. The number of benzene rings is 1. The van der Waals surface area contributed by atoms with Crippen LogP contribution in [-0.2, 0) is 24.1 Å². The maximum Gasteiger partial charge on any atom is 0.0708 e. The fourth-order valence-corrected chi connectivity index (χ4v) is 3.64. The van der Waals surface area contributed by atoms with E-state index in [2.05, 4.69) is 41.3 Å². The topological polar surface area (TPSA) is 25.4 Å². The van der Waals surface area contributed by atoms with Crippen LogP contribution in [0.1, 0.15) is 29.7 Å². The van der Waals surface area contributed by atoms with Gasteiger partial charge in [0.05, 0.1) is 18.9 Å². The Bertz CT molecular complexity index is 677. The van der Waals surface area contributed by atoms with Crippen LogP contribution in [0.3, 0.4) is 0 Å². The van der Waals surface area contributed by atoms with Gasteiger partial charge < -0.3 is 4.74 Å². The van der Waals surface area contributed by atoms with Crippen molar-refractivity contribution in [2.24, 2.45) is 0 Å². The molecule has 2 aromatic rings. The largest absolute Gasteiger partial charge is 0.379 e. The second kappa shape index (κ2) is 6.81. The second-order valence-corrected chi connectivity index (χ2v) is 6.56. The van der Waals surface area contributed by atoms with E-state index in [9.17, 15) is 0 Å². The summed E-state index contributed by atoms with van der Waals surface area (Å²) in [6.07, 6.45) is 4.91. The van der Waals surface area contributed by atoms with Crippen LogP contribution >= 0.6 is 0 Å². The highest BCUT2D eigenvalue weighted by Crippen LogP contribution is 2.27. The zero-order valence-electron chi connectivity index (χ0n) is 13.6. The molecule has 0 radical (unpaired) electrons. The van der Waals surface area contributed by atoms with E-state index in [1.54, 1.807) is 0 Å². The normalized spacial score (nSPS) is 18.6. The summed E-state index contributed by atoms with van der Waals surface area (Å²) in [5, 5.41) is 0. The fraction of sp³-hybridized carbons (Fsp3) is 0.450. The van der Waals surface area contributed by atoms with Crippen molar-refractivity contribution in [3.8, 4) is 11.3 Å². The van der Waals surface area contributed by atoms with Crippen molar-refractivity contribution in [1.29, 1.82) is 0 Å². The maximum atomic E-state index is 5.46. The molecule has 0 N–H and O–H groups in total. The molecule has 1 aliphatic heterocycles. The summed E-state index contributed by atoms with van der Waals surface area (Å²) in [5.41, 5.74) is 6.56. The van der Waals surface area contributed by atoms with Crippen LogP contribution in [0.4, 0.5) is 0 Å². The van der Waals surface area contributed by atoms with E-state index in [-0.39, 0.29) is 0 Å². The van der Waals surface area contributed by atoms with Gasteiger partial charge in [-0.15, -0.1) is 0 Å². The van der Waals surface area contributed by atoms with Gasteiger partial charge in [0.25, 0.3) is 0 Å². The number of hydrogen-bond donors (Lipinski definition) is 0. The van der Waals surface area contributed by atoms with Gasteiger partial charge in [-0.2, -0.15) is 0 Å². The van der Waals surface area contributed by atoms with Gasteiger partial charge in [-0.05, 0) is 42.9 Å². The van der Waals surface area contributed by atoms with Crippen molar-refractivity contribution in [1.82, 2.24) is 9.88 Å². The average molecular weight is 308 g/mol. The van der Waals surface area contributed by atoms with E-state index in [0.717, 1.165) is 45.0 Å². The van der Waals surface area contributed by atoms with Crippen LogP contribution in [0.15, 0.2) is 36.4 Å². The molecule has 0 bridgehead atoms. The Labute approximate surface area is 138 Å². The van der Waals surface area contributed by atoms with Gasteiger partial charge in [0.2, 0.25) is 0 Å². The highest BCUT2D eigenvalue weighted by Gasteiger charge is 2.16. The third-order valence-electron chi connectivity index (χ3n) is 4.97. The second-order valence-electron chi connectivity index (χ2n) is 6.56. The number of hydrogen-bond acceptors (Lipinski definition) is 3. The van der Waals surface area contributed by atoms with Gasteiger partial charge >= 0.3 is 0 Å². The van der Waals surface area contributed by atoms with E-state index in [1.165, 1.54) is 41.6 Å². The molecule has 0 spiro atoms. The molecule has 0 unspecified atom stereocenters. The van der Waals surface area contributed by atoms with Crippen LogP contribution in [-0.4, -0.2) is 36.2 Å². The first kappa shape index (κ1) is 14.9. The van der Waals surface area contributed by atoms with Gasteiger partial charge in [-0.3, -0.25) is 9.88 Å². The summed E-state index contributed by atoms with van der Waals surface area (Å²) in [5.74, 6) is 0. The predicted octanol–water partition coefficient (Wildman–Crippen LogP) is 3.46. The standard InChI is InChI=1S/C20H24N2O/c1-3-7-18(17(6-1)15-22-11-13-23-14-12-22)20-10-9-16-5-2-4-8-19(16)21-20/h1,3,6-7,9-10H,2,4-5,8,11-15H2. The lowest BCUT2D eigenvalue weighted by molar-refractivity contribution is 0.0342. The quantitative estimate of drug-likeness (QED) is 0.868. The molecule has 1 aromatic heterocycles. The number of pyridine rings is 1. The van der Waals surface area contributed by atoms with E-state index >= 15 is 0 Å². The molecule has 1 fully saturated rings. The summed E-state index contributed by atoms with van der Waals surface area (Å²) in [7, 11) is 0. The number of aryl methyl sites for hydroxylation is 2. The minimum Gasteiger partial charge on any atom is -0.379 e. The molecule has 2 heterocycles. The van der Waals surface area contributed by atoms with Crippen molar-refractivity contribution in [3.63, 3.8) is 0 Å². The highest BCUT2D eigenvalue weighted by atomic mass is 16.5. The summed E-state index contributed by atoms with van der Waals surface area (Å²) in [4.78, 5) is 7.47. The maximum absolute atomic E-state index is 5.46. The van der Waals surface area contributed by atoms with Crippen molar-refractivity contribution >= 4 is 0 Å². The number of rotatable bonds is 3. The van der Waals surface area contributed by atoms with E-state index < -0.39 is 0 Å². The number of morpholine rings is 1. The third-order valence-corrected chi connectivity index (χ3v) is 4.97. The molecule has 1 aromatic carbocycles. The molecule has 1 aliphatic carbocycles. The lowest BCUT2D eigenvalue weighted by Crippen LogP contribution is -2.35. The van der Waals surface area contributed by atoms with Crippen LogP contribution in [0, 0.1) is 0 Å². The Kier molecular flexibility index (Phi) is 4.40. The molecule has 4 rings (SSSR count). The number of fused-ring (bicyclic) bond motifs is 1. The van der Waals surface area contributed by atoms with Gasteiger partial charge in [0.15, 0.2) is 0 Å². The van der Waals surface area contributed by atoms with Crippen molar-refractivity contribution in [2.75, 3.05) is 26.3 Å². The third kappa shape index (κ3) is 3.31. The van der Waals surface area contributed by atoms with Crippen molar-refractivity contribution in [3.05, 3.63) is 53.2 Å². The molecule has 3 heteroatoms. The Hall–Kier alpha value is -1.71. The zero-order valence-corrected chi connectivity index (χ0v) is 13.6. The van der Waals surface area contributed by atoms with Crippen molar-refractivity contribution < 1.29 is 4.74 Å². The molecule has 3 nitrogen and oxygen atoms in total. The SMILES string of the molecule is c1ccc(-c2ccc3c(n2)CCCC3)c(CN2CCOCC2)c1. The Balaban J connectivity index is 1.63. The van der Waals surface area contributed by atoms with E-state index in [4.69, 9.17) is 9.72 Å². The van der Waals surface area contributed by atoms with Gasteiger partial charge in [-0.25, -0.2) is 0 Å². The van der Waals surface area contributed by atoms with Gasteiger partial charge in [0.1, 0.15) is 0 Å². The Morgan fingerprint density at radius 3 is 2.70 bits per heavy atom. The van der Waals surface area contributed by atoms with E-state index in [1.807, 2.05) is 0 Å². The Morgan fingerprint density at radius 1 is 0.957 bits per heavy atom. The average Bonchev–Trinajstić information content (AvgIpc) is 2.63. The summed E-state index contributed by atoms with van der Waals surface area (Å²) in [6, 6.07) is 13.2. The van der Waals surface area contributed by atoms with Crippen molar-refractivity contribution in [2.45, 2.75) is 32.2 Å². The smallest absolute Gasteiger partial charge is 0.0708 e. The van der Waals surface area contributed by atoms with Crippen LogP contribution in [0.25, 0.3) is 11.3 Å². The molecule has 120 valence electrons. The molecular formula is C20H24N2O. The van der Waals surface area contributed by atoms with Crippen LogP contribution in [0.5, 0.6) is 0 Å². The van der Waals surface area contributed by atoms with Crippen LogP contribution < -0.4 is 0 Å². The first-order chi connectivity index (χ1) is 11.4. The first-order valence-electron chi connectivity index (χ1n) is 8.77. The molecule has 0 atom stereocenters. The lowest BCUT2D eigenvalue weighted by Gasteiger charge is -2.27. The minimum absolute atomic E-state index is 0.846. The summed E-state index contributed by atoms with van der Waals surface area (Å²) >= 11 is 0. The van der Waals surface area contributed by atoms with E-state index in [0.29, 0.717) is 0 Å². The molecule has 0 saturated carbocycles. The number of ether oxygens (including phenoxy) is 1. The molecule has 1 saturated heterocycles. The molecule has 23 heavy (non-hydrogen) atoms. The minimum atomic E-state index is 0.846. The first-order valence-corrected chi connectivity index (χ1v) is 8.77. The summed E-state index contributed by atoms with van der Waals surface area (Å²) in [6.45, 7) is 4.72. The Morgan fingerprint density at radius 2 is 1.78 bits per heavy atom.